The van der Waals surface area contributed by atoms with Crippen molar-refractivity contribution in [2.24, 2.45) is 11.8 Å². The van der Waals surface area contributed by atoms with Gasteiger partial charge in [-0.25, -0.2) is 4.39 Å². The highest BCUT2D eigenvalue weighted by Crippen LogP contribution is 2.31. The van der Waals surface area contributed by atoms with Gasteiger partial charge in [-0.2, -0.15) is 0 Å². The van der Waals surface area contributed by atoms with Gasteiger partial charge in [0.05, 0.1) is 11.4 Å². The zero-order valence-corrected chi connectivity index (χ0v) is 10.5. The Morgan fingerprint density at radius 1 is 1.18 bits per heavy atom. The third-order valence-corrected chi connectivity index (χ3v) is 3.55. The molecule has 2 atom stereocenters. The Bertz CT molecular complexity index is 382. The van der Waals surface area contributed by atoms with Gasteiger partial charge in [-0.3, -0.25) is 0 Å². The van der Waals surface area contributed by atoms with Gasteiger partial charge in [0.1, 0.15) is 5.82 Å². The Labute approximate surface area is 102 Å². The standard InChI is InChI=1S/C14H21FN2/c1-9-5-10(2)7-12(6-9)17-14-4-3-11(15)8-13(14)16/h3-4,8-10,12,17H,5-7,16H2,1-2H3. The van der Waals surface area contributed by atoms with E-state index in [9.17, 15) is 4.39 Å². The molecule has 1 aromatic rings. The first-order chi connectivity index (χ1) is 8.04. The number of hydrogen-bond donors (Lipinski definition) is 2. The number of anilines is 2. The minimum Gasteiger partial charge on any atom is -0.397 e. The van der Waals surface area contributed by atoms with Crippen LogP contribution >= 0.6 is 0 Å². The fraction of sp³-hybridized carbons (Fsp3) is 0.571. The number of benzene rings is 1. The smallest absolute Gasteiger partial charge is 0.125 e. The molecule has 2 nitrogen and oxygen atoms in total. The van der Waals surface area contributed by atoms with Crippen molar-refractivity contribution >= 4 is 11.4 Å². The summed E-state index contributed by atoms with van der Waals surface area (Å²) in [7, 11) is 0. The number of nitrogens with two attached hydrogens (primary N) is 1. The van der Waals surface area contributed by atoms with E-state index in [0.29, 0.717) is 11.7 Å². The number of halogens is 1. The molecule has 94 valence electrons. The summed E-state index contributed by atoms with van der Waals surface area (Å²) in [5.41, 5.74) is 7.16. The molecule has 0 radical (unpaired) electrons. The lowest BCUT2D eigenvalue weighted by Crippen LogP contribution is -2.30. The summed E-state index contributed by atoms with van der Waals surface area (Å²) in [6.07, 6.45) is 3.64. The van der Waals surface area contributed by atoms with Crippen LogP contribution in [-0.4, -0.2) is 6.04 Å². The average Bonchev–Trinajstić information content (AvgIpc) is 2.21. The molecule has 0 saturated heterocycles. The van der Waals surface area contributed by atoms with Crippen LogP contribution in [0.1, 0.15) is 33.1 Å². The third kappa shape index (κ3) is 3.11. The second-order valence-electron chi connectivity index (χ2n) is 5.49. The Morgan fingerprint density at radius 2 is 1.82 bits per heavy atom. The van der Waals surface area contributed by atoms with Gasteiger partial charge in [-0.15, -0.1) is 0 Å². The topological polar surface area (TPSA) is 38.0 Å². The molecule has 0 bridgehead atoms. The Kier molecular flexibility index (Phi) is 3.55. The molecular formula is C14H21FN2. The van der Waals surface area contributed by atoms with Gasteiger partial charge >= 0.3 is 0 Å². The molecule has 1 saturated carbocycles. The van der Waals surface area contributed by atoms with E-state index >= 15 is 0 Å². The van der Waals surface area contributed by atoms with Crippen molar-refractivity contribution in [1.29, 1.82) is 0 Å². The maximum Gasteiger partial charge on any atom is 0.125 e. The molecular weight excluding hydrogens is 215 g/mol. The molecule has 17 heavy (non-hydrogen) atoms. The van der Waals surface area contributed by atoms with E-state index in [1.165, 1.54) is 31.4 Å². The summed E-state index contributed by atoms with van der Waals surface area (Å²) < 4.78 is 12.9. The summed E-state index contributed by atoms with van der Waals surface area (Å²) >= 11 is 0. The van der Waals surface area contributed by atoms with E-state index < -0.39 is 0 Å². The molecule has 2 unspecified atom stereocenters. The maximum absolute atomic E-state index is 12.9. The minimum absolute atomic E-state index is 0.279. The second-order valence-corrected chi connectivity index (χ2v) is 5.49. The van der Waals surface area contributed by atoms with Crippen molar-refractivity contribution in [2.75, 3.05) is 11.1 Å². The van der Waals surface area contributed by atoms with E-state index in [1.807, 2.05) is 0 Å². The first-order valence-electron chi connectivity index (χ1n) is 6.36. The fourth-order valence-electron chi connectivity index (χ4n) is 2.95. The summed E-state index contributed by atoms with van der Waals surface area (Å²) in [6, 6.07) is 5.02. The molecule has 0 spiro atoms. The first kappa shape index (κ1) is 12.2. The van der Waals surface area contributed by atoms with Crippen molar-refractivity contribution in [3.05, 3.63) is 24.0 Å². The van der Waals surface area contributed by atoms with Gasteiger partial charge < -0.3 is 11.1 Å². The molecule has 0 amide bonds. The van der Waals surface area contributed by atoms with Gasteiger partial charge in [0, 0.05) is 6.04 Å². The maximum atomic E-state index is 12.9. The van der Waals surface area contributed by atoms with E-state index in [-0.39, 0.29) is 5.82 Å². The summed E-state index contributed by atoms with van der Waals surface area (Å²) in [6.45, 7) is 4.58. The Balaban J connectivity index is 2.04. The highest BCUT2D eigenvalue weighted by Gasteiger charge is 2.24. The molecule has 0 aliphatic heterocycles. The lowest BCUT2D eigenvalue weighted by molar-refractivity contribution is 0.281. The Hall–Kier alpha value is -1.25. The molecule has 3 N–H and O–H groups in total. The van der Waals surface area contributed by atoms with Crippen LogP contribution in [-0.2, 0) is 0 Å². The highest BCUT2D eigenvalue weighted by atomic mass is 19.1. The molecule has 1 fully saturated rings. The number of nitrogens with one attached hydrogen (secondary N) is 1. The van der Waals surface area contributed by atoms with E-state index in [1.54, 1.807) is 6.07 Å². The fourth-order valence-corrected chi connectivity index (χ4v) is 2.95. The monoisotopic (exact) mass is 236 g/mol. The van der Waals surface area contributed by atoms with Gasteiger partial charge in [-0.1, -0.05) is 13.8 Å². The molecule has 1 aliphatic rings. The predicted molar refractivity (Wildman–Crippen MR) is 70.4 cm³/mol. The van der Waals surface area contributed by atoms with Crippen LogP contribution in [0.15, 0.2) is 18.2 Å². The van der Waals surface area contributed by atoms with Gasteiger partial charge in [0.25, 0.3) is 0 Å². The molecule has 3 heteroatoms. The van der Waals surface area contributed by atoms with Crippen molar-refractivity contribution in [2.45, 2.75) is 39.2 Å². The summed E-state index contributed by atoms with van der Waals surface area (Å²) in [5, 5.41) is 3.45. The van der Waals surface area contributed by atoms with Crippen LogP contribution < -0.4 is 11.1 Å². The van der Waals surface area contributed by atoms with Crippen LogP contribution in [0.5, 0.6) is 0 Å². The van der Waals surface area contributed by atoms with Crippen LogP contribution in [0.2, 0.25) is 0 Å². The van der Waals surface area contributed by atoms with Crippen molar-refractivity contribution in [3.63, 3.8) is 0 Å². The summed E-state index contributed by atoms with van der Waals surface area (Å²) in [4.78, 5) is 0. The normalized spacial score (nSPS) is 29.0. The zero-order valence-electron chi connectivity index (χ0n) is 10.5. The first-order valence-corrected chi connectivity index (χ1v) is 6.36. The lowest BCUT2D eigenvalue weighted by atomic mass is 9.80. The van der Waals surface area contributed by atoms with Crippen LogP contribution in [0.4, 0.5) is 15.8 Å². The van der Waals surface area contributed by atoms with Crippen molar-refractivity contribution in [3.8, 4) is 0 Å². The van der Waals surface area contributed by atoms with Gasteiger partial charge in [-0.05, 0) is 49.3 Å². The van der Waals surface area contributed by atoms with E-state index in [2.05, 4.69) is 19.2 Å². The number of nitrogen functional groups attached to an aromatic ring is 1. The largest absolute Gasteiger partial charge is 0.397 e. The van der Waals surface area contributed by atoms with Gasteiger partial charge in [0.15, 0.2) is 0 Å². The minimum atomic E-state index is -0.279. The predicted octanol–water partition coefficient (Wildman–Crippen LogP) is 3.64. The van der Waals surface area contributed by atoms with Crippen LogP contribution in [0, 0.1) is 17.7 Å². The van der Waals surface area contributed by atoms with E-state index in [4.69, 9.17) is 5.73 Å². The zero-order chi connectivity index (χ0) is 12.4. The third-order valence-electron chi connectivity index (χ3n) is 3.55. The lowest BCUT2D eigenvalue weighted by Gasteiger charge is -2.32. The van der Waals surface area contributed by atoms with Crippen LogP contribution in [0.25, 0.3) is 0 Å². The molecule has 1 aliphatic carbocycles. The van der Waals surface area contributed by atoms with E-state index in [0.717, 1.165) is 17.5 Å². The molecule has 1 aromatic carbocycles. The second kappa shape index (κ2) is 4.94. The number of hydrogen-bond acceptors (Lipinski definition) is 2. The Morgan fingerprint density at radius 3 is 2.41 bits per heavy atom. The SMILES string of the molecule is CC1CC(C)CC(Nc2ccc(F)cc2N)C1. The average molecular weight is 236 g/mol. The highest BCUT2D eigenvalue weighted by molar-refractivity contribution is 5.66. The van der Waals surface area contributed by atoms with Crippen molar-refractivity contribution < 1.29 is 4.39 Å². The number of rotatable bonds is 2. The van der Waals surface area contributed by atoms with Crippen molar-refractivity contribution in [1.82, 2.24) is 0 Å². The summed E-state index contributed by atoms with van der Waals surface area (Å²) in [5.74, 6) is 1.22. The van der Waals surface area contributed by atoms with Gasteiger partial charge in [0.2, 0.25) is 0 Å². The molecule has 0 aromatic heterocycles. The molecule has 2 rings (SSSR count). The van der Waals surface area contributed by atoms with Crippen LogP contribution in [0.3, 0.4) is 0 Å². The quantitative estimate of drug-likeness (QED) is 0.769. The molecule has 0 heterocycles.